The molecule has 3 N–H and O–H groups in total. The van der Waals surface area contributed by atoms with Crippen molar-refractivity contribution in [1.29, 1.82) is 0 Å². The van der Waals surface area contributed by atoms with Crippen LogP contribution >= 0.6 is 24.0 Å². The smallest absolute Gasteiger partial charge is 0.468 e. The van der Waals surface area contributed by atoms with Crippen LogP contribution < -0.4 is 20.5 Å². The quantitative estimate of drug-likeness (QED) is 0.247. The molecule has 160 valence electrons. The fraction of sp³-hybridized carbons (Fsp3) is 0.250. The number of hydrogen-bond donors (Lipinski definition) is 2. The minimum absolute atomic E-state index is 0. The van der Waals surface area contributed by atoms with E-state index in [2.05, 4.69) is 24.8 Å². The zero-order chi connectivity index (χ0) is 20.8. The molecule has 1 aromatic heterocycles. The monoisotopic (exact) mass is 536 g/mol. The maximum Gasteiger partial charge on any atom is 0.573 e. The fourth-order valence-corrected chi connectivity index (χ4v) is 1.88. The number of para-hydroxylation sites is 2. The van der Waals surface area contributed by atoms with Crippen molar-refractivity contribution in [1.82, 2.24) is 4.98 Å². The second-order valence-electron chi connectivity index (χ2n) is 5.28. The number of pyridine rings is 1. The van der Waals surface area contributed by atoms with Crippen LogP contribution in [0.2, 0.25) is 0 Å². The van der Waals surface area contributed by atoms with Gasteiger partial charge in [0.1, 0.15) is 0 Å². The Bertz CT molecular complexity index is 812. The minimum Gasteiger partial charge on any atom is -0.468 e. The van der Waals surface area contributed by atoms with E-state index in [9.17, 15) is 26.3 Å². The van der Waals surface area contributed by atoms with Crippen molar-refractivity contribution >= 4 is 35.6 Å². The molecule has 0 aliphatic heterocycles. The van der Waals surface area contributed by atoms with Gasteiger partial charge in [0.2, 0.25) is 5.88 Å². The molecule has 0 aliphatic carbocycles. The fourth-order valence-electron chi connectivity index (χ4n) is 1.88. The zero-order valence-electron chi connectivity index (χ0n) is 14.4. The Morgan fingerprint density at radius 2 is 1.76 bits per heavy atom. The topological polar surface area (TPSA) is 81.8 Å². The van der Waals surface area contributed by atoms with Gasteiger partial charge in [0.05, 0.1) is 12.2 Å². The first-order chi connectivity index (χ1) is 13.0. The highest BCUT2D eigenvalue weighted by molar-refractivity contribution is 14.0. The number of nitrogens with two attached hydrogens (primary N) is 1. The number of benzene rings is 1. The summed E-state index contributed by atoms with van der Waals surface area (Å²) >= 11 is 0. The molecule has 0 saturated carbocycles. The number of alkyl halides is 6. The minimum atomic E-state index is -4.87. The van der Waals surface area contributed by atoms with Crippen LogP contribution in [0.1, 0.15) is 5.56 Å². The van der Waals surface area contributed by atoms with Crippen molar-refractivity contribution in [2.45, 2.75) is 19.1 Å². The Balaban J connectivity index is 0.00000420. The van der Waals surface area contributed by atoms with E-state index in [-0.39, 0.29) is 48.0 Å². The van der Waals surface area contributed by atoms with E-state index in [0.717, 1.165) is 6.07 Å². The van der Waals surface area contributed by atoms with Gasteiger partial charge >= 0.3 is 12.5 Å². The van der Waals surface area contributed by atoms with Crippen LogP contribution in [0.4, 0.5) is 32.0 Å². The first-order valence-corrected chi connectivity index (χ1v) is 7.58. The number of ether oxygens (including phenoxy) is 2. The number of aliphatic imine (C=N–C) groups is 1. The Morgan fingerprint density at radius 1 is 1.07 bits per heavy atom. The molecule has 0 spiro atoms. The molecule has 0 radical (unpaired) electrons. The van der Waals surface area contributed by atoms with E-state index >= 15 is 0 Å². The van der Waals surface area contributed by atoms with Crippen molar-refractivity contribution in [3.05, 3.63) is 48.2 Å². The SMILES string of the molecule is I.NC(=NCc1ccc(OCC(F)(F)F)nc1)Nc1ccccc1OC(F)(F)F. The van der Waals surface area contributed by atoms with E-state index in [4.69, 9.17) is 5.73 Å². The standard InChI is InChI=1S/C16H14F6N4O2.HI/c17-15(18,19)9-27-13-6-5-10(7-24-13)8-25-14(23)26-11-3-1-2-4-12(11)28-16(20,21)22;/h1-7H,8-9H2,(H3,23,25,26);1H. The molecule has 0 bridgehead atoms. The van der Waals surface area contributed by atoms with Gasteiger partial charge in [-0.15, -0.1) is 37.1 Å². The van der Waals surface area contributed by atoms with Crippen LogP contribution in [0, 0.1) is 0 Å². The van der Waals surface area contributed by atoms with Crippen LogP contribution in [-0.2, 0) is 6.54 Å². The van der Waals surface area contributed by atoms with Crippen molar-refractivity contribution in [2.24, 2.45) is 10.7 Å². The second kappa shape index (κ2) is 10.4. The summed E-state index contributed by atoms with van der Waals surface area (Å²) in [6, 6.07) is 7.91. The second-order valence-corrected chi connectivity index (χ2v) is 5.28. The summed E-state index contributed by atoms with van der Waals surface area (Å²) in [5.74, 6) is -0.897. The van der Waals surface area contributed by atoms with E-state index in [1.54, 1.807) is 0 Å². The molecule has 2 rings (SSSR count). The predicted molar refractivity (Wildman–Crippen MR) is 103 cm³/mol. The van der Waals surface area contributed by atoms with E-state index < -0.39 is 24.9 Å². The van der Waals surface area contributed by atoms with Gasteiger partial charge in [0.25, 0.3) is 0 Å². The summed E-state index contributed by atoms with van der Waals surface area (Å²) in [6.45, 7) is -1.48. The molecule has 6 nitrogen and oxygen atoms in total. The largest absolute Gasteiger partial charge is 0.573 e. The third-order valence-electron chi connectivity index (χ3n) is 2.99. The van der Waals surface area contributed by atoms with Gasteiger partial charge in [-0.05, 0) is 17.7 Å². The number of guanidine groups is 1. The molecule has 0 unspecified atom stereocenters. The number of rotatable bonds is 6. The van der Waals surface area contributed by atoms with Gasteiger partial charge in [-0.25, -0.2) is 9.98 Å². The molecule has 0 atom stereocenters. The predicted octanol–water partition coefficient (Wildman–Crippen LogP) is 4.47. The molecule has 0 saturated heterocycles. The van der Waals surface area contributed by atoms with Crippen LogP contribution in [0.15, 0.2) is 47.6 Å². The molecule has 0 aliphatic rings. The summed E-state index contributed by atoms with van der Waals surface area (Å²) < 4.78 is 81.7. The first-order valence-electron chi connectivity index (χ1n) is 7.58. The van der Waals surface area contributed by atoms with Gasteiger partial charge < -0.3 is 20.5 Å². The highest BCUT2D eigenvalue weighted by Gasteiger charge is 2.32. The van der Waals surface area contributed by atoms with Crippen LogP contribution in [0.3, 0.4) is 0 Å². The highest BCUT2D eigenvalue weighted by Crippen LogP contribution is 2.29. The molecule has 0 amide bonds. The first kappa shape index (κ1) is 24.6. The molecule has 13 heteroatoms. The lowest BCUT2D eigenvalue weighted by Gasteiger charge is -2.14. The third-order valence-corrected chi connectivity index (χ3v) is 2.99. The number of hydrogen-bond acceptors (Lipinski definition) is 4. The van der Waals surface area contributed by atoms with Crippen LogP contribution in [-0.4, -0.2) is 30.1 Å². The normalized spacial score (nSPS) is 12.1. The van der Waals surface area contributed by atoms with Crippen LogP contribution in [0.25, 0.3) is 0 Å². The van der Waals surface area contributed by atoms with Crippen molar-refractivity contribution in [2.75, 3.05) is 11.9 Å². The molecular weight excluding hydrogens is 521 g/mol. The Labute approximate surface area is 178 Å². The lowest BCUT2D eigenvalue weighted by atomic mass is 10.3. The van der Waals surface area contributed by atoms with Gasteiger partial charge in [0.15, 0.2) is 18.3 Å². The Morgan fingerprint density at radius 3 is 2.34 bits per heavy atom. The van der Waals surface area contributed by atoms with Crippen molar-refractivity contribution in [3.63, 3.8) is 0 Å². The Kier molecular flexibility index (Phi) is 8.79. The van der Waals surface area contributed by atoms with E-state index in [0.29, 0.717) is 5.56 Å². The van der Waals surface area contributed by atoms with E-state index in [1.165, 1.54) is 36.5 Å². The average Bonchev–Trinajstić information content (AvgIpc) is 2.59. The van der Waals surface area contributed by atoms with Gasteiger partial charge in [-0.2, -0.15) is 13.2 Å². The molecule has 0 fully saturated rings. The summed E-state index contributed by atoms with van der Waals surface area (Å²) in [5.41, 5.74) is 6.09. The number of halogens is 7. The molecule has 29 heavy (non-hydrogen) atoms. The average molecular weight is 536 g/mol. The number of aromatic nitrogens is 1. The zero-order valence-corrected chi connectivity index (χ0v) is 16.8. The van der Waals surface area contributed by atoms with Crippen LogP contribution in [0.5, 0.6) is 11.6 Å². The maximum atomic E-state index is 12.4. The Hall–Kier alpha value is -2.45. The summed E-state index contributed by atoms with van der Waals surface area (Å²) in [7, 11) is 0. The number of nitrogens with one attached hydrogen (secondary N) is 1. The summed E-state index contributed by atoms with van der Waals surface area (Å²) in [6.07, 6.45) is -8.11. The van der Waals surface area contributed by atoms with Gasteiger partial charge in [-0.1, -0.05) is 18.2 Å². The lowest BCUT2D eigenvalue weighted by Crippen LogP contribution is -2.24. The third kappa shape index (κ3) is 9.54. The van der Waals surface area contributed by atoms with Crippen molar-refractivity contribution < 1.29 is 35.8 Å². The van der Waals surface area contributed by atoms with Gasteiger partial charge in [0, 0.05) is 12.3 Å². The van der Waals surface area contributed by atoms with Gasteiger partial charge in [-0.3, -0.25) is 0 Å². The van der Waals surface area contributed by atoms with Crippen molar-refractivity contribution in [3.8, 4) is 11.6 Å². The highest BCUT2D eigenvalue weighted by atomic mass is 127. The summed E-state index contributed by atoms with van der Waals surface area (Å²) in [5, 5.41) is 2.48. The van der Waals surface area contributed by atoms with E-state index in [1.807, 2.05) is 0 Å². The maximum absolute atomic E-state index is 12.4. The number of nitrogens with zero attached hydrogens (tertiary/aromatic N) is 2. The lowest BCUT2D eigenvalue weighted by molar-refractivity contribution is -0.274. The molecule has 1 aromatic carbocycles. The molecule has 1 heterocycles. The molecule has 2 aromatic rings. The summed E-state index contributed by atoms with van der Waals surface area (Å²) in [4.78, 5) is 7.63. The number of anilines is 1. The molecular formula is C16H15F6IN4O2.